The Morgan fingerprint density at radius 3 is 2.70 bits per heavy atom. The van der Waals surface area contributed by atoms with Gasteiger partial charge in [-0.05, 0) is 42.8 Å². The van der Waals surface area contributed by atoms with Crippen molar-refractivity contribution >= 4 is 23.2 Å². The molecular formula is C20H18ClN3O3. The summed E-state index contributed by atoms with van der Waals surface area (Å²) in [5.74, 6) is 0.265. The molecule has 0 aliphatic rings. The highest BCUT2D eigenvalue weighted by molar-refractivity contribution is 6.31. The lowest BCUT2D eigenvalue weighted by atomic mass is 10.1. The number of hydrogen-bond acceptors (Lipinski definition) is 4. The van der Waals surface area contributed by atoms with Gasteiger partial charge in [0.05, 0.1) is 12.8 Å². The zero-order valence-corrected chi connectivity index (χ0v) is 15.7. The van der Waals surface area contributed by atoms with Crippen LogP contribution < -0.4 is 15.6 Å². The molecule has 138 valence electrons. The van der Waals surface area contributed by atoms with Gasteiger partial charge in [-0.1, -0.05) is 29.8 Å². The first-order valence-electron chi connectivity index (χ1n) is 8.26. The van der Waals surface area contributed by atoms with E-state index in [-0.39, 0.29) is 18.0 Å². The number of methoxy groups -OCH3 is 1. The van der Waals surface area contributed by atoms with Crippen LogP contribution in [0.1, 0.15) is 5.56 Å². The van der Waals surface area contributed by atoms with Crippen LogP contribution in [-0.4, -0.2) is 22.8 Å². The van der Waals surface area contributed by atoms with Crippen molar-refractivity contribution in [2.75, 3.05) is 12.4 Å². The third-order valence-electron chi connectivity index (χ3n) is 4.08. The third kappa shape index (κ3) is 4.17. The zero-order chi connectivity index (χ0) is 19.4. The quantitative estimate of drug-likeness (QED) is 0.731. The summed E-state index contributed by atoms with van der Waals surface area (Å²) in [5, 5.41) is 7.63. The Morgan fingerprint density at radius 2 is 1.93 bits per heavy atom. The van der Waals surface area contributed by atoms with Crippen molar-refractivity contribution in [2.24, 2.45) is 0 Å². The lowest BCUT2D eigenvalue weighted by molar-refractivity contribution is -0.117. The van der Waals surface area contributed by atoms with Gasteiger partial charge in [0.2, 0.25) is 5.91 Å². The second-order valence-corrected chi connectivity index (χ2v) is 6.28. The van der Waals surface area contributed by atoms with Gasteiger partial charge in [-0.3, -0.25) is 9.59 Å². The highest BCUT2D eigenvalue weighted by Gasteiger charge is 2.12. The first-order chi connectivity index (χ1) is 13.0. The molecule has 3 aromatic rings. The summed E-state index contributed by atoms with van der Waals surface area (Å²) in [7, 11) is 1.57. The van der Waals surface area contributed by atoms with Gasteiger partial charge in [0.25, 0.3) is 5.56 Å². The predicted octanol–water partition coefficient (Wildman–Crippen LogP) is 3.52. The minimum atomic E-state index is -0.369. The summed E-state index contributed by atoms with van der Waals surface area (Å²) in [6, 6.07) is 15.6. The van der Waals surface area contributed by atoms with Crippen molar-refractivity contribution in [2.45, 2.75) is 13.5 Å². The maximum atomic E-state index is 12.4. The van der Waals surface area contributed by atoms with Gasteiger partial charge in [-0.2, -0.15) is 5.10 Å². The fourth-order valence-electron chi connectivity index (χ4n) is 2.63. The molecule has 1 amide bonds. The molecule has 7 heteroatoms. The van der Waals surface area contributed by atoms with E-state index in [1.807, 2.05) is 25.1 Å². The molecule has 2 aromatic carbocycles. The molecule has 0 radical (unpaired) electrons. The van der Waals surface area contributed by atoms with E-state index in [0.717, 1.165) is 15.8 Å². The smallest absolute Gasteiger partial charge is 0.267 e. The molecular weight excluding hydrogens is 366 g/mol. The maximum absolute atomic E-state index is 12.4. The second kappa shape index (κ2) is 8.05. The summed E-state index contributed by atoms with van der Waals surface area (Å²) in [4.78, 5) is 24.5. The molecule has 6 nitrogen and oxygen atoms in total. The Balaban J connectivity index is 1.86. The second-order valence-electron chi connectivity index (χ2n) is 5.88. The largest absolute Gasteiger partial charge is 0.496 e. The minimum absolute atomic E-state index is 0.215. The number of benzene rings is 2. The normalized spacial score (nSPS) is 10.5. The molecule has 0 atom stereocenters. The fraction of sp³-hybridized carbons (Fsp3) is 0.150. The number of para-hydroxylation sites is 1. The number of aromatic nitrogens is 2. The van der Waals surface area contributed by atoms with Crippen LogP contribution in [0.2, 0.25) is 5.02 Å². The SMILES string of the molecule is COc1ccccc1-c1ccc(=O)n(CC(=O)Nc2cccc(Cl)c2C)n1. The average Bonchev–Trinajstić information content (AvgIpc) is 2.67. The summed E-state index contributed by atoms with van der Waals surface area (Å²) in [5.41, 5.74) is 2.27. The molecule has 1 N–H and O–H groups in total. The Hall–Kier alpha value is -3.12. The first-order valence-corrected chi connectivity index (χ1v) is 8.64. The number of carbonyl (C=O) groups is 1. The molecule has 27 heavy (non-hydrogen) atoms. The Bertz CT molecular complexity index is 1050. The van der Waals surface area contributed by atoms with Gasteiger partial charge in [-0.15, -0.1) is 0 Å². The predicted molar refractivity (Wildman–Crippen MR) is 105 cm³/mol. The molecule has 0 bridgehead atoms. The summed E-state index contributed by atoms with van der Waals surface area (Å²) in [6.07, 6.45) is 0. The lowest BCUT2D eigenvalue weighted by Crippen LogP contribution is -2.29. The number of anilines is 1. The molecule has 3 rings (SSSR count). The molecule has 0 saturated carbocycles. The van der Waals surface area contributed by atoms with E-state index in [1.54, 1.807) is 37.4 Å². The van der Waals surface area contributed by atoms with E-state index in [1.165, 1.54) is 6.07 Å². The molecule has 0 aliphatic heterocycles. The molecule has 0 spiro atoms. The molecule has 0 unspecified atom stereocenters. The van der Waals surface area contributed by atoms with E-state index in [2.05, 4.69) is 10.4 Å². The highest BCUT2D eigenvalue weighted by atomic mass is 35.5. The third-order valence-corrected chi connectivity index (χ3v) is 4.49. The number of halogens is 1. The summed E-state index contributed by atoms with van der Waals surface area (Å²) >= 11 is 6.07. The van der Waals surface area contributed by atoms with Gasteiger partial charge in [0.15, 0.2) is 0 Å². The van der Waals surface area contributed by atoms with Gasteiger partial charge >= 0.3 is 0 Å². The van der Waals surface area contributed by atoms with Crippen LogP contribution >= 0.6 is 11.6 Å². The van der Waals surface area contributed by atoms with Crippen molar-refractivity contribution in [3.05, 3.63) is 75.5 Å². The van der Waals surface area contributed by atoms with E-state index >= 15 is 0 Å². The van der Waals surface area contributed by atoms with Crippen LogP contribution in [-0.2, 0) is 11.3 Å². The van der Waals surface area contributed by atoms with Crippen molar-refractivity contribution in [1.29, 1.82) is 0 Å². The zero-order valence-electron chi connectivity index (χ0n) is 14.9. The number of ether oxygens (including phenoxy) is 1. The molecule has 0 fully saturated rings. The molecule has 0 aliphatic carbocycles. The van der Waals surface area contributed by atoms with Gasteiger partial charge in [-0.25, -0.2) is 4.68 Å². The topological polar surface area (TPSA) is 73.2 Å². The Kier molecular flexibility index (Phi) is 5.57. The van der Waals surface area contributed by atoms with Crippen LogP contribution in [0.15, 0.2) is 59.4 Å². The molecule has 0 saturated heterocycles. The van der Waals surface area contributed by atoms with E-state index in [0.29, 0.717) is 22.2 Å². The van der Waals surface area contributed by atoms with Crippen molar-refractivity contribution in [1.82, 2.24) is 9.78 Å². The summed E-state index contributed by atoms with van der Waals surface area (Å²) in [6.45, 7) is 1.60. The van der Waals surface area contributed by atoms with Gasteiger partial charge in [0, 0.05) is 22.3 Å². The van der Waals surface area contributed by atoms with Crippen LogP contribution in [0.3, 0.4) is 0 Å². The van der Waals surface area contributed by atoms with Crippen molar-refractivity contribution < 1.29 is 9.53 Å². The van der Waals surface area contributed by atoms with Gasteiger partial charge < -0.3 is 10.1 Å². The highest BCUT2D eigenvalue weighted by Crippen LogP contribution is 2.27. The van der Waals surface area contributed by atoms with Gasteiger partial charge in [0.1, 0.15) is 12.3 Å². The fourth-order valence-corrected chi connectivity index (χ4v) is 2.81. The minimum Gasteiger partial charge on any atom is -0.496 e. The number of carbonyl (C=O) groups excluding carboxylic acids is 1. The Morgan fingerprint density at radius 1 is 1.15 bits per heavy atom. The number of amides is 1. The van der Waals surface area contributed by atoms with Crippen molar-refractivity contribution in [3.8, 4) is 17.0 Å². The van der Waals surface area contributed by atoms with E-state index in [4.69, 9.17) is 16.3 Å². The maximum Gasteiger partial charge on any atom is 0.267 e. The van der Waals surface area contributed by atoms with Crippen LogP contribution in [0.4, 0.5) is 5.69 Å². The standard InChI is InChI=1S/C20H18ClN3O3/c1-13-15(21)7-5-8-16(13)22-19(25)12-24-20(26)11-10-17(23-24)14-6-3-4-9-18(14)27-2/h3-11H,12H2,1-2H3,(H,22,25). The lowest BCUT2D eigenvalue weighted by Gasteiger charge is -2.12. The molecule has 1 aromatic heterocycles. The van der Waals surface area contributed by atoms with Crippen LogP contribution in [0.5, 0.6) is 5.75 Å². The monoisotopic (exact) mass is 383 g/mol. The number of nitrogens with zero attached hydrogens (tertiary/aromatic N) is 2. The van der Waals surface area contributed by atoms with E-state index < -0.39 is 0 Å². The molecule has 1 heterocycles. The van der Waals surface area contributed by atoms with Crippen LogP contribution in [0, 0.1) is 6.92 Å². The number of rotatable bonds is 5. The summed E-state index contributed by atoms with van der Waals surface area (Å²) < 4.78 is 6.46. The van der Waals surface area contributed by atoms with E-state index in [9.17, 15) is 9.59 Å². The average molecular weight is 384 g/mol. The first kappa shape index (κ1) is 18.7. The Labute approximate surface area is 161 Å². The number of nitrogens with one attached hydrogen (secondary N) is 1. The number of hydrogen-bond donors (Lipinski definition) is 1. The van der Waals surface area contributed by atoms with Crippen molar-refractivity contribution in [3.63, 3.8) is 0 Å². The van der Waals surface area contributed by atoms with Crippen LogP contribution in [0.25, 0.3) is 11.3 Å².